The predicted octanol–water partition coefficient (Wildman–Crippen LogP) is 5.48. The van der Waals surface area contributed by atoms with E-state index < -0.39 is 59.6 Å². The van der Waals surface area contributed by atoms with Crippen molar-refractivity contribution in [1.82, 2.24) is 10.2 Å². The zero-order chi connectivity index (χ0) is 36.6. The first-order chi connectivity index (χ1) is 22.8. The summed E-state index contributed by atoms with van der Waals surface area (Å²) in [6, 6.07) is 2.93. The van der Waals surface area contributed by atoms with E-state index in [1.54, 1.807) is 34.9 Å². The van der Waals surface area contributed by atoms with Crippen LogP contribution in [0.3, 0.4) is 0 Å². The molecular formula is C37H52ClN3O8. The number of hydrogen-bond acceptors (Lipinski definition) is 8. The van der Waals surface area contributed by atoms with Crippen LogP contribution in [0.1, 0.15) is 78.9 Å². The van der Waals surface area contributed by atoms with Crippen LogP contribution in [0.25, 0.3) is 0 Å². The number of aliphatic hydroxyl groups is 1. The van der Waals surface area contributed by atoms with Crippen LogP contribution in [0.15, 0.2) is 35.9 Å². The molecule has 9 atom stereocenters. The summed E-state index contributed by atoms with van der Waals surface area (Å²) in [7, 11) is 3.19. The van der Waals surface area contributed by atoms with Crippen molar-refractivity contribution in [3.8, 4) is 0 Å². The number of nitrogens with one attached hydrogen (secondary N) is 1. The molecule has 2 unspecified atom stereocenters. The summed E-state index contributed by atoms with van der Waals surface area (Å²) in [6.07, 6.45) is 3.54. The number of carbonyl (C=O) groups excluding carboxylic acids is 4. The van der Waals surface area contributed by atoms with Crippen LogP contribution in [0, 0.1) is 24.7 Å². The fourth-order valence-corrected chi connectivity index (χ4v) is 6.89. The van der Waals surface area contributed by atoms with Gasteiger partial charge in [0.25, 0.3) is 0 Å². The maximum absolute atomic E-state index is 14.0. The Morgan fingerprint density at radius 1 is 1.22 bits per heavy atom. The minimum absolute atomic E-state index is 0.0827. The number of carbonyl (C=O) groups is 4. The van der Waals surface area contributed by atoms with Crippen LogP contribution in [0.2, 0.25) is 5.02 Å². The average molecular weight is 702 g/mol. The Kier molecular flexibility index (Phi) is 11.6. The molecule has 3 aliphatic rings. The van der Waals surface area contributed by atoms with Crippen molar-refractivity contribution < 1.29 is 38.5 Å². The Hall–Kier alpha value is -3.41. The summed E-state index contributed by atoms with van der Waals surface area (Å²) in [4.78, 5) is 56.1. The fraction of sp³-hybridized carbons (Fsp3) is 0.622. The Bertz CT molecular complexity index is 1530. The van der Waals surface area contributed by atoms with E-state index in [2.05, 4.69) is 5.32 Å². The molecule has 2 fully saturated rings. The van der Waals surface area contributed by atoms with Gasteiger partial charge in [-0.1, -0.05) is 69.2 Å². The van der Waals surface area contributed by atoms with Crippen molar-refractivity contribution in [3.63, 3.8) is 0 Å². The number of halogens is 1. The van der Waals surface area contributed by atoms with Crippen LogP contribution in [-0.2, 0) is 35.0 Å². The maximum atomic E-state index is 14.0. The van der Waals surface area contributed by atoms with Gasteiger partial charge < -0.3 is 29.1 Å². The Labute approximate surface area is 295 Å². The third-order valence-electron chi connectivity index (χ3n) is 10.7. The number of anilines is 1. The quantitative estimate of drug-likeness (QED) is 0.304. The van der Waals surface area contributed by atoms with Crippen molar-refractivity contribution in [2.45, 2.75) is 117 Å². The summed E-state index contributed by atoms with van der Waals surface area (Å²) in [6.45, 7) is 14.6. The third kappa shape index (κ3) is 8.15. The number of benzene rings is 1. The number of epoxide rings is 1. The van der Waals surface area contributed by atoms with E-state index >= 15 is 0 Å². The lowest BCUT2D eigenvalue weighted by atomic mass is 9.82. The molecule has 2 saturated heterocycles. The van der Waals surface area contributed by atoms with E-state index in [1.807, 2.05) is 65.0 Å². The van der Waals surface area contributed by atoms with E-state index in [-0.39, 0.29) is 30.6 Å². The molecule has 270 valence electrons. The molecule has 3 amide bonds. The zero-order valence-corrected chi connectivity index (χ0v) is 31.1. The van der Waals surface area contributed by atoms with Gasteiger partial charge in [-0.15, -0.1) is 0 Å². The monoisotopic (exact) mass is 701 g/mol. The lowest BCUT2D eigenvalue weighted by molar-refractivity contribution is -0.162. The summed E-state index contributed by atoms with van der Waals surface area (Å²) >= 11 is 6.75. The van der Waals surface area contributed by atoms with Gasteiger partial charge in [0.15, 0.2) is 0 Å². The van der Waals surface area contributed by atoms with Gasteiger partial charge in [0.05, 0.1) is 23.2 Å². The van der Waals surface area contributed by atoms with Gasteiger partial charge in [-0.05, 0) is 57.7 Å². The molecule has 0 aromatic heterocycles. The number of rotatable bonds is 5. The molecule has 0 spiro atoms. The number of esters is 1. The standard InChI is InChI=1S/C37H52ClN3O8/c1-11-21(3)33(43)40(9)25(7)34(44)48-29-18-30(42)41(10)27-17-26(16-22(4)31(27)38)15-20(2)13-12-14-23(5)37(46)19-28(47-35(45)39-37)24(6)32-36(29,8)49-32/h12-14,16-17,21,23-25,28-29,32,46H,11,15,18-19H2,1-10H3,(H,39,45)/b14-12+,20-13+/t21?,23-,24-,25+,28?,29+,32+,36+,37+/m1/s1. The molecular weight excluding hydrogens is 650 g/mol. The van der Waals surface area contributed by atoms with Crippen molar-refractivity contribution in [3.05, 3.63) is 52.1 Å². The second-order valence-corrected chi connectivity index (χ2v) is 14.8. The van der Waals surface area contributed by atoms with E-state index in [4.69, 9.17) is 25.8 Å². The van der Waals surface area contributed by atoms with Gasteiger partial charge in [0.1, 0.15) is 29.6 Å². The normalized spacial score (nSPS) is 33.5. The number of nitrogens with zero attached hydrogens (tertiary/aromatic N) is 2. The summed E-state index contributed by atoms with van der Waals surface area (Å²) < 4.78 is 18.0. The third-order valence-corrected chi connectivity index (χ3v) is 11.1. The van der Waals surface area contributed by atoms with E-state index in [1.165, 1.54) is 9.80 Å². The Morgan fingerprint density at radius 3 is 2.55 bits per heavy atom. The van der Waals surface area contributed by atoms with Crippen molar-refractivity contribution in [1.29, 1.82) is 0 Å². The van der Waals surface area contributed by atoms with Crippen molar-refractivity contribution >= 4 is 41.2 Å². The molecule has 0 aliphatic carbocycles. The molecule has 12 heteroatoms. The van der Waals surface area contributed by atoms with E-state index in [9.17, 15) is 24.3 Å². The number of aryl methyl sites for hydroxylation is 1. The lowest BCUT2D eigenvalue weighted by Gasteiger charge is -2.41. The largest absolute Gasteiger partial charge is 0.457 e. The molecule has 0 saturated carbocycles. The Balaban J connectivity index is 1.74. The van der Waals surface area contributed by atoms with E-state index in [0.717, 1.165) is 16.7 Å². The van der Waals surface area contributed by atoms with Gasteiger partial charge in [-0.25, -0.2) is 9.59 Å². The molecule has 0 radical (unpaired) electrons. The number of ether oxygens (including phenoxy) is 3. The summed E-state index contributed by atoms with van der Waals surface area (Å²) in [5.74, 6) is -2.42. The van der Waals surface area contributed by atoms with Gasteiger partial charge in [0.2, 0.25) is 11.8 Å². The Morgan fingerprint density at radius 2 is 1.90 bits per heavy atom. The predicted molar refractivity (Wildman–Crippen MR) is 187 cm³/mol. The van der Waals surface area contributed by atoms with Crippen LogP contribution in [-0.4, -0.2) is 83.7 Å². The number of amides is 3. The molecule has 49 heavy (non-hydrogen) atoms. The molecule has 11 nitrogen and oxygen atoms in total. The molecule has 3 heterocycles. The topological polar surface area (TPSA) is 138 Å². The molecule has 1 aromatic rings. The number of hydrogen-bond donors (Lipinski definition) is 2. The fourth-order valence-electron chi connectivity index (χ4n) is 6.66. The first-order valence-electron chi connectivity index (χ1n) is 17.1. The van der Waals surface area contributed by atoms with Crippen LogP contribution >= 0.6 is 11.6 Å². The van der Waals surface area contributed by atoms with Crippen LogP contribution in [0.4, 0.5) is 10.5 Å². The SMILES string of the molecule is CCC(C)C(=O)N(C)[C@@H](C)C(=O)O[C@H]1CC(=O)N(C)c2cc(cc(C)c2Cl)C/C(C)=C/C=C/[C@@H](C)[C@@]2(O)CC(OC(=O)N2)[C@@H](C)[C@@H]2O[C@@]12C. The minimum atomic E-state index is -1.59. The van der Waals surface area contributed by atoms with Gasteiger partial charge in [0, 0.05) is 38.3 Å². The number of likely N-dealkylation sites (N-methyl/N-ethyl adjacent to an activating group) is 1. The average Bonchev–Trinajstić information content (AvgIpc) is 3.74. The van der Waals surface area contributed by atoms with Gasteiger partial charge in [-0.3, -0.25) is 14.9 Å². The molecule has 1 aromatic carbocycles. The van der Waals surface area contributed by atoms with Crippen LogP contribution in [0.5, 0.6) is 0 Å². The van der Waals surface area contributed by atoms with Crippen LogP contribution < -0.4 is 10.2 Å². The number of alkyl carbamates (subject to hydrolysis) is 1. The van der Waals surface area contributed by atoms with Gasteiger partial charge in [-0.2, -0.15) is 0 Å². The first-order valence-corrected chi connectivity index (χ1v) is 17.5. The molecule has 3 aliphatic heterocycles. The maximum Gasteiger partial charge on any atom is 0.409 e. The van der Waals surface area contributed by atoms with Crippen molar-refractivity contribution in [2.75, 3.05) is 19.0 Å². The second kappa shape index (κ2) is 14.8. The number of fused-ring (bicyclic) bond motifs is 5. The van der Waals surface area contributed by atoms with Gasteiger partial charge >= 0.3 is 12.1 Å². The highest BCUT2D eigenvalue weighted by Gasteiger charge is 2.64. The highest BCUT2D eigenvalue weighted by atomic mass is 35.5. The highest BCUT2D eigenvalue weighted by Crippen LogP contribution is 2.49. The highest BCUT2D eigenvalue weighted by molar-refractivity contribution is 6.34. The smallest absolute Gasteiger partial charge is 0.409 e. The van der Waals surface area contributed by atoms with E-state index in [0.29, 0.717) is 23.6 Å². The molecule has 4 rings (SSSR count). The first kappa shape index (κ1) is 38.4. The summed E-state index contributed by atoms with van der Waals surface area (Å²) in [5, 5.41) is 14.7. The molecule has 4 bridgehead atoms. The minimum Gasteiger partial charge on any atom is -0.457 e. The zero-order valence-electron chi connectivity index (χ0n) is 30.3. The van der Waals surface area contributed by atoms with Crippen molar-refractivity contribution in [2.24, 2.45) is 17.8 Å². The second-order valence-electron chi connectivity index (χ2n) is 14.4. The number of allylic oxidation sites excluding steroid dienone is 3. The lowest BCUT2D eigenvalue weighted by Crippen LogP contribution is -2.60. The summed E-state index contributed by atoms with van der Waals surface area (Å²) in [5.41, 5.74) is 0.571. The molecule has 2 N–H and O–H groups in total.